The quantitative estimate of drug-likeness (QED) is 0.840. The predicted molar refractivity (Wildman–Crippen MR) is 99.8 cm³/mol. The Bertz CT molecular complexity index is 723. The Labute approximate surface area is 154 Å². The lowest BCUT2D eigenvalue weighted by atomic mass is 9.81. The molecule has 2 fully saturated rings. The first kappa shape index (κ1) is 18.4. The molecule has 1 saturated heterocycles. The van der Waals surface area contributed by atoms with E-state index in [0.29, 0.717) is 24.4 Å². The summed E-state index contributed by atoms with van der Waals surface area (Å²) >= 11 is 0. The number of amides is 4. The molecule has 1 spiro atoms. The van der Waals surface area contributed by atoms with Crippen molar-refractivity contribution in [1.29, 1.82) is 0 Å². The van der Waals surface area contributed by atoms with Gasteiger partial charge < -0.3 is 10.2 Å². The van der Waals surface area contributed by atoms with Crippen LogP contribution in [0.15, 0.2) is 24.3 Å². The van der Waals surface area contributed by atoms with E-state index in [9.17, 15) is 14.4 Å². The molecule has 0 aromatic heterocycles. The van der Waals surface area contributed by atoms with Crippen LogP contribution in [-0.4, -0.2) is 46.8 Å². The second kappa shape index (κ2) is 7.09. The Morgan fingerprint density at radius 1 is 1.19 bits per heavy atom. The second-order valence-corrected chi connectivity index (χ2v) is 7.65. The molecule has 1 heterocycles. The molecule has 1 aromatic carbocycles. The van der Waals surface area contributed by atoms with Crippen LogP contribution in [0.4, 0.5) is 10.5 Å². The van der Waals surface area contributed by atoms with Gasteiger partial charge in [0.1, 0.15) is 12.1 Å². The van der Waals surface area contributed by atoms with Gasteiger partial charge in [0.05, 0.1) is 0 Å². The molecular formula is C20H27N3O3. The number of carbonyl (C=O) groups excluding carboxylic acids is 3. The van der Waals surface area contributed by atoms with Crippen molar-refractivity contribution in [2.24, 2.45) is 0 Å². The Kier molecular flexibility index (Phi) is 5.03. The van der Waals surface area contributed by atoms with Gasteiger partial charge in [-0.3, -0.25) is 14.5 Å². The van der Waals surface area contributed by atoms with E-state index in [4.69, 9.17) is 0 Å². The van der Waals surface area contributed by atoms with Crippen molar-refractivity contribution in [2.75, 3.05) is 18.9 Å². The van der Waals surface area contributed by atoms with Crippen molar-refractivity contribution < 1.29 is 14.4 Å². The highest BCUT2D eigenvalue weighted by atomic mass is 16.2. The van der Waals surface area contributed by atoms with Gasteiger partial charge in [-0.1, -0.05) is 45.2 Å². The zero-order chi connectivity index (χ0) is 18.9. The number of carbonyl (C=O) groups is 3. The summed E-state index contributed by atoms with van der Waals surface area (Å²) in [6.07, 6.45) is 4.33. The van der Waals surface area contributed by atoms with E-state index >= 15 is 0 Å². The number of nitrogens with zero attached hydrogens (tertiary/aromatic N) is 2. The van der Waals surface area contributed by atoms with E-state index in [1.54, 1.807) is 11.9 Å². The SMILES string of the molecule is CC(C)c1cccc(NC(=O)CN2C(=O)N(C)C3(CCCCC3)C2=O)c1. The van der Waals surface area contributed by atoms with Crippen molar-refractivity contribution >= 4 is 23.5 Å². The van der Waals surface area contributed by atoms with Crippen LogP contribution in [0.1, 0.15) is 57.4 Å². The molecule has 1 aliphatic heterocycles. The highest BCUT2D eigenvalue weighted by Gasteiger charge is 2.55. The Balaban J connectivity index is 1.70. The molecule has 1 saturated carbocycles. The zero-order valence-electron chi connectivity index (χ0n) is 15.7. The van der Waals surface area contributed by atoms with Crippen molar-refractivity contribution in [3.8, 4) is 0 Å². The van der Waals surface area contributed by atoms with Gasteiger partial charge in [0.15, 0.2) is 0 Å². The highest BCUT2D eigenvalue weighted by molar-refractivity contribution is 6.10. The molecule has 0 atom stereocenters. The second-order valence-electron chi connectivity index (χ2n) is 7.65. The molecule has 2 aliphatic rings. The smallest absolute Gasteiger partial charge is 0.325 e. The minimum absolute atomic E-state index is 0.226. The van der Waals surface area contributed by atoms with Gasteiger partial charge in [0, 0.05) is 12.7 Å². The number of urea groups is 1. The summed E-state index contributed by atoms with van der Waals surface area (Å²) in [7, 11) is 1.68. The fourth-order valence-corrected chi connectivity index (χ4v) is 3.99. The monoisotopic (exact) mass is 357 g/mol. The fraction of sp³-hybridized carbons (Fsp3) is 0.550. The third kappa shape index (κ3) is 3.20. The minimum Gasteiger partial charge on any atom is -0.325 e. The van der Waals surface area contributed by atoms with E-state index in [2.05, 4.69) is 19.2 Å². The maximum absolute atomic E-state index is 12.9. The topological polar surface area (TPSA) is 69.7 Å². The number of imide groups is 1. The number of anilines is 1. The largest absolute Gasteiger partial charge is 0.327 e. The molecular weight excluding hydrogens is 330 g/mol. The van der Waals surface area contributed by atoms with Gasteiger partial charge in [0.2, 0.25) is 5.91 Å². The van der Waals surface area contributed by atoms with Crippen LogP contribution in [0.3, 0.4) is 0 Å². The summed E-state index contributed by atoms with van der Waals surface area (Å²) in [5.74, 6) is -0.224. The number of likely N-dealkylation sites (N-methyl/N-ethyl adjacent to an activating group) is 1. The van der Waals surface area contributed by atoms with E-state index < -0.39 is 5.54 Å². The first-order valence-electron chi connectivity index (χ1n) is 9.35. The molecule has 1 aliphatic carbocycles. The molecule has 26 heavy (non-hydrogen) atoms. The first-order chi connectivity index (χ1) is 12.3. The molecule has 3 rings (SSSR count). The summed E-state index contributed by atoms with van der Waals surface area (Å²) in [4.78, 5) is 40.6. The average Bonchev–Trinajstić information content (AvgIpc) is 2.79. The number of nitrogens with one attached hydrogen (secondary N) is 1. The van der Waals surface area contributed by atoms with Crippen LogP contribution in [0.25, 0.3) is 0 Å². The lowest BCUT2D eigenvalue weighted by Crippen LogP contribution is -2.49. The maximum atomic E-state index is 12.9. The molecule has 4 amide bonds. The maximum Gasteiger partial charge on any atom is 0.327 e. The molecule has 6 nitrogen and oxygen atoms in total. The minimum atomic E-state index is -0.743. The van der Waals surface area contributed by atoms with Crippen LogP contribution in [0.5, 0.6) is 0 Å². The fourth-order valence-electron chi connectivity index (χ4n) is 3.99. The van der Waals surface area contributed by atoms with E-state index in [0.717, 1.165) is 29.7 Å². The standard InChI is InChI=1S/C20H27N3O3/c1-14(2)15-8-7-9-16(12-15)21-17(24)13-23-18(25)20(22(3)19(23)26)10-5-4-6-11-20/h7-9,12,14H,4-6,10-11,13H2,1-3H3,(H,21,24). The predicted octanol–water partition coefficient (Wildman–Crippen LogP) is 3.35. The van der Waals surface area contributed by atoms with Gasteiger partial charge in [0.25, 0.3) is 5.91 Å². The normalized spacial score (nSPS) is 19.5. The van der Waals surface area contributed by atoms with Crippen LogP contribution in [0.2, 0.25) is 0 Å². The lowest BCUT2D eigenvalue weighted by molar-refractivity contribution is -0.136. The lowest BCUT2D eigenvalue weighted by Gasteiger charge is -2.35. The Hall–Kier alpha value is -2.37. The molecule has 0 unspecified atom stereocenters. The molecule has 6 heteroatoms. The van der Waals surface area contributed by atoms with Gasteiger partial charge >= 0.3 is 6.03 Å². The van der Waals surface area contributed by atoms with Crippen LogP contribution in [-0.2, 0) is 9.59 Å². The highest BCUT2D eigenvalue weighted by Crippen LogP contribution is 2.39. The van der Waals surface area contributed by atoms with Crippen molar-refractivity contribution in [3.63, 3.8) is 0 Å². The third-order valence-electron chi connectivity index (χ3n) is 5.62. The van der Waals surface area contributed by atoms with E-state index in [-0.39, 0.29) is 24.4 Å². The van der Waals surface area contributed by atoms with Crippen LogP contribution >= 0.6 is 0 Å². The number of hydrogen-bond donors (Lipinski definition) is 1. The Morgan fingerprint density at radius 3 is 2.54 bits per heavy atom. The molecule has 0 bridgehead atoms. The molecule has 0 radical (unpaired) electrons. The van der Waals surface area contributed by atoms with Gasteiger partial charge in [-0.05, 0) is 36.5 Å². The molecule has 140 valence electrons. The third-order valence-corrected chi connectivity index (χ3v) is 5.62. The number of rotatable bonds is 4. The van der Waals surface area contributed by atoms with Gasteiger partial charge in [-0.25, -0.2) is 4.79 Å². The summed E-state index contributed by atoms with van der Waals surface area (Å²) in [6, 6.07) is 7.26. The first-order valence-corrected chi connectivity index (χ1v) is 9.35. The van der Waals surface area contributed by atoms with E-state index in [1.807, 2.05) is 24.3 Å². The molecule has 1 aromatic rings. The number of benzene rings is 1. The van der Waals surface area contributed by atoms with Crippen molar-refractivity contribution in [3.05, 3.63) is 29.8 Å². The average molecular weight is 357 g/mol. The summed E-state index contributed by atoms with van der Waals surface area (Å²) < 4.78 is 0. The number of hydrogen-bond acceptors (Lipinski definition) is 3. The summed E-state index contributed by atoms with van der Waals surface area (Å²) in [6.45, 7) is 3.93. The van der Waals surface area contributed by atoms with Crippen LogP contribution in [0, 0.1) is 0 Å². The molecule has 1 N–H and O–H groups in total. The van der Waals surface area contributed by atoms with Crippen molar-refractivity contribution in [1.82, 2.24) is 9.80 Å². The van der Waals surface area contributed by atoms with Crippen molar-refractivity contribution in [2.45, 2.75) is 57.4 Å². The van der Waals surface area contributed by atoms with Crippen LogP contribution < -0.4 is 5.32 Å². The van der Waals surface area contributed by atoms with Gasteiger partial charge in [-0.2, -0.15) is 0 Å². The summed E-state index contributed by atoms with van der Waals surface area (Å²) in [5, 5.41) is 2.81. The zero-order valence-corrected chi connectivity index (χ0v) is 15.7. The van der Waals surface area contributed by atoms with Gasteiger partial charge in [-0.15, -0.1) is 0 Å². The summed E-state index contributed by atoms with van der Waals surface area (Å²) in [5.41, 5.74) is 1.06. The Morgan fingerprint density at radius 2 is 1.88 bits per heavy atom. The van der Waals surface area contributed by atoms with E-state index in [1.165, 1.54) is 0 Å².